The summed E-state index contributed by atoms with van der Waals surface area (Å²) < 4.78 is 2.10. The van der Waals surface area contributed by atoms with Crippen molar-refractivity contribution in [3.8, 4) is 11.3 Å². The highest BCUT2D eigenvalue weighted by molar-refractivity contribution is 5.58. The lowest BCUT2D eigenvalue weighted by molar-refractivity contribution is -0.507. The molecule has 0 atom stereocenters. The van der Waals surface area contributed by atoms with Crippen LogP contribution in [0.2, 0.25) is 0 Å². The number of aromatic nitrogens is 2. The number of nitrogens with zero attached hydrogens (tertiary/aromatic N) is 2. The van der Waals surface area contributed by atoms with Gasteiger partial charge in [-0.25, -0.2) is 0 Å². The van der Waals surface area contributed by atoms with Crippen LogP contribution < -0.4 is 4.43 Å². The van der Waals surface area contributed by atoms with E-state index in [9.17, 15) is 10.1 Å². The Bertz CT molecular complexity index is 672. The van der Waals surface area contributed by atoms with Gasteiger partial charge in [0.05, 0.1) is 4.43 Å². The van der Waals surface area contributed by atoms with Gasteiger partial charge in [0.1, 0.15) is 5.69 Å². The fraction of sp³-hybridized carbons (Fsp3) is 0.333. The largest absolute Gasteiger partial charge is 0.428 e. The van der Waals surface area contributed by atoms with E-state index in [0.717, 1.165) is 46.9 Å². The molecule has 0 bridgehead atoms. The van der Waals surface area contributed by atoms with E-state index in [2.05, 4.69) is 0 Å². The Balaban J connectivity index is 2.20. The summed E-state index contributed by atoms with van der Waals surface area (Å²) >= 11 is 0. The zero-order chi connectivity index (χ0) is 13.4. The third kappa shape index (κ3) is 2.03. The van der Waals surface area contributed by atoms with Crippen LogP contribution in [0.5, 0.6) is 0 Å². The lowest BCUT2D eigenvalue weighted by Gasteiger charge is -2.14. The molecule has 0 saturated heterocycles. The smallest absolute Gasteiger partial charge is 0.262 e. The Hall–Kier alpha value is -2.10. The molecule has 1 N–H and O–H groups in total. The lowest BCUT2D eigenvalue weighted by atomic mass is 9.99. The Labute approximate surface area is 111 Å². The molecule has 3 rings (SSSR count). The van der Waals surface area contributed by atoms with Gasteiger partial charge in [0.15, 0.2) is 5.69 Å². The van der Waals surface area contributed by atoms with Gasteiger partial charge in [-0.1, -0.05) is 29.8 Å². The summed E-state index contributed by atoms with van der Waals surface area (Å²) in [6, 6.07) is 7.80. The zero-order valence-corrected chi connectivity index (χ0v) is 11.0. The van der Waals surface area contributed by atoms with E-state index in [-0.39, 0.29) is 0 Å². The van der Waals surface area contributed by atoms with Gasteiger partial charge in [-0.2, -0.15) is 4.73 Å². The fourth-order valence-corrected chi connectivity index (χ4v) is 2.65. The molecule has 0 saturated carbocycles. The molecule has 0 fully saturated rings. The van der Waals surface area contributed by atoms with Gasteiger partial charge in [0.25, 0.3) is 11.9 Å². The summed E-state index contributed by atoms with van der Waals surface area (Å²) in [7, 11) is 0. The minimum atomic E-state index is 0.552. The van der Waals surface area contributed by atoms with E-state index in [1.54, 1.807) is 0 Å². The molecule has 0 radical (unpaired) electrons. The van der Waals surface area contributed by atoms with Gasteiger partial charge in [-0.3, -0.25) is 0 Å². The van der Waals surface area contributed by atoms with Crippen molar-refractivity contribution < 1.29 is 9.63 Å². The van der Waals surface area contributed by atoms with Crippen molar-refractivity contribution in [1.29, 1.82) is 0 Å². The Morgan fingerprint density at radius 1 is 1.16 bits per heavy atom. The molecule has 1 aliphatic rings. The van der Waals surface area contributed by atoms with Crippen molar-refractivity contribution in [2.24, 2.45) is 0 Å². The molecule has 4 nitrogen and oxygen atoms in total. The third-order valence-electron chi connectivity index (χ3n) is 3.75. The minimum absolute atomic E-state index is 0.552. The number of aryl methyl sites for hydroxylation is 1. The van der Waals surface area contributed by atoms with Crippen LogP contribution in [0.25, 0.3) is 11.3 Å². The van der Waals surface area contributed by atoms with E-state index in [0.29, 0.717) is 11.4 Å². The highest BCUT2D eigenvalue weighted by Crippen LogP contribution is 2.23. The standard InChI is InChI=1S/C15H17N2O2/c1-11-6-8-12(9-7-11)15-10-16(18)13-4-2-3-5-14(13)17(15)19/h6-10,19H,2-5H2,1H3/q+1. The van der Waals surface area contributed by atoms with Crippen molar-refractivity contribution in [2.75, 3.05) is 0 Å². The van der Waals surface area contributed by atoms with Gasteiger partial charge in [-0.05, 0) is 26.2 Å². The highest BCUT2D eigenvalue weighted by Gasteiger charge is 2.26. The van der Waals surface area contributed by atoms with Crippen LogP contribution in [-0.2, 0) is 12.8 Å². The number of hydrogen-bond donors (Lipinski definition) is 1. The second-order valence-electron chi connectivity index (χ2n) is 5.12. The number of fused-ring (bicyclic) bond motifs is 1. The molecule has 0 aliphatic heterocycles. The number of hydrogen-bond acceptors (Lipinski definition) is 2. The normalized spacial score (nSPS) is 14.2. The van der Waals surface area contributed by atoms with Crippen molar-refractivity contribution in [3.05, 3.63) is 52.3 Å². The first-order valence-corrected chi connectivity index (χ1v) is 6.63. The molecule has 19 heavy (non-hydrogen) atoms. The predicted octanol–water partition coefficient (Wildman–Crippen LogP) is 2.49. The molecule has 0 amide bonds. The van der Waals surface area contributed by atoms with Crippen LogP contribution in [0, 0.1) is 11.8 Å². The molecule has 2 aromatic rings. The maximum Gasteiger partial charge on any atom is 0.262 e. The van der Waals surface area contributed by atoms with Gasteiger partial charge in [-0.15, -0.1) is 0 Å². The van der Waals surface area contributed by atoms with E-state index in [1.165, 1.54) is 10.9 Å². The summed E-state index contributed by atoms with van der Waals surface area (Å²) in [5.41, 5.74) is 4.01. The van der Waals surface area contributed by atoms with Crippen molar-refractivity contribution in [1.82, 2.24) is 4.73 Å². The lowest BCUT2D eigenvalue weighted by Crippen LogP contribution is -2.30. The monoisotopic (exact) mass is 257 g/mol. The molecule has 0 unspecified atom stereocenters. The molecule has 1 heterocycles. The van der Waals surface area contributed by atoms with Crippen LogP contribution in [-0.4, -0.2) is 9.94 Å². The van der Waals surface area contributed by atoms with Crippen molar-refractivity contribution in [3.63, 3.8) is 0 Å². The van der Waals surface area contributed by atoms with Crippen LogP contribution in [0.1, 0.15) is 29.8 Å². The van der Waals surface area contributed by atoms with Crippen LogP contribution in [0.3, 0.4) is 0 Å². The van der Waals surface area contributed by atoms with Crippen LogP contribution in [0.15, 0.2) is 30.5 Å². The second-order valence-corrected chi connectivity index (χ2v) is 5.12. The minimum Gasteiger partial charge on any atom is -0.428 e. The van der Waals surface area contributed by atoms with E-state index in [4.69, 9.17) is 0 Å². The third-order valence-corrected chi connectivity index (χ3v) is 3.75. The molecule has 4 heteroatoms. The summed E-state index contributed by atoms with van der Waals surface area (Å²) in [6.07, 6.45) is 5.00. The average Bonchev–Trinajstić information content (AvgIpc) is 2.44. The first-order valence-electron chi connectivity index (χ1n) is 6.63. The molecular formula is C15H17N2O2+. The van der Waals surface area contributed by atoms with E-state index in [1.807, 2.05) is 31.2 Å². The summed E-state index contributed by atoms with van der Waals surface area (Å²) in [4.78, 5) is 12.1. The first-order chi connectivity index (χ1) is 9.16. The SMILES string of the molecule is Cc1ccc(-c2c[n+](=O)c3c(n2O)CCCC3)cc1. The summed E-state index contributed by atoms with van der Waals surface area (Å²) in [6.45, 7) is 2.01. The topological polar surface area (TPSA) is 48.1 Å². The van der Waals surface area contributed by atoms with Gasteiger partial charge in [0, 0.05) is 16.9 Å². The maximum absolute atomic E-state index is 12.1. The fourth-order valence-electron chi connectivity index (χ4n) is 2.65. The first kappa shape index (κ1) is 12.0. The Morgan fingerprint density at radius 3 is 2.58 bits per heavy atom. The molecule has 1 aromatic heterocycles. The van der Waals surface area contributed by atoms with Crippen LogP contribution >= 0.6 is 0 Å². The van der Waals surface area contributed by atoms with Crippen molar-refractivity contribution >= 4 is 0 Å². The number of benzene rings is 1. The number of rotatable bonds is 1. The van der Waals surface area contributed by atoms with Crippen LogP contribution in [0.4, 0.5) is 0 Å². The van der Waals surface area contributed by atoms with E-state index >= 15 is 0 Å². The molecule has 98 valence electrons. The Morgan fingerprint density at radius 2 is 1.84 bits per heavy atom. The Kier molecular flexibility index (Phi) is 2.85. The zero-order valence-electron chi connectivity index (χ0n) is 11.0. The van der Waals surface area contributed by atoms with Gasteiger partial charge in [0.2, 0.25) is 0 Å². The molecular weight excluding hydrogens is 240 g/mol. The predicted molar refractivity (Wildman–Crippen MR) is 71.8 cm³/mol. The van der Waals surface area contributed by atoms with E-state index < -0.39 is 0 Å². The van der Waals surface area contributed by atoms with Crippen molar-refractivity contribution in [2.45, 2.75) is 32.6 Å². The van der Waals surface area contributed by atoms with Gasteiger partial charge >= 0.3 is 0 Å². The maximum atomic E-state index is 12.1. The highest BCUT2D eigenvalue weighted by atomic mass is 16.5. The quantitative estimate of drug-likeness (QED) is 0.630. The van der Waals surface area contributed by atoms with Gasteiger partial charge < -0.3 is 5.21 Å². The molecule has 1 aromatic carbocycles. The molecule has 0 spiro atoms. The molecule has 1 aliphatic carbocycles. The summed E-state index contributed by atoms with van der Waals surface area (Å²) in [5, 5.41) is 10.3. The summed E-state index contributed by atoms with van der Waals surface area (Å²) in [5.74, 6) is 0. The average molecular weight is 257 g/mol. The second kappa shape index (κ2) is 4.53.